The summed E-state index contributed by atoms with van der Waals surface area (Å²) in [7, 11) is 0. The molecule has 0 fully saturated rings. The Labute approximate surface area is 118 Å². The number of aromatic nitrogens is 2. The maximum Gasteiger partial charge on any atom is 0.200 e. The average Bonchev–Trinajstić information content (AvgIpc) is 2.43. The minimum Gasteiger partial charge on any atom is -0.348 e. The Morgan fingerprint density at radius 3 is 1.85 bits per heavy atom. The van der Waals surface area contributed by atoms with E-state index in [1.165, 1.54) is 0 Å². The zero-order valence-corrected chi connectivity index (χ0v) is 10.6. The van der Waals surface area contributed by atoms with Crippen LogP contribution in [0.5, 0.6) is 0 Å². The van der Waals surface area contributed by atoms with Gasteiger partial charge in [-0.25, -0.2) is 22.0 Å². The first-order valence-electron chi connectivity index (χ1n) is 4.80. The summed E-state index contributed by atoms with van der Waals surface area (Å²) in [5.74, 6) is -10.5. The van der Waals surface area contributed by atoms with Crippen molar-refractivity contribution < 1.29 is 22.0 Å². The summed E-state index contributed by atoms with van der Waals surface area (Å²) in [6, 6.07) is 1.01. The number of anilines is 2. The Kier molecular flexibility index (Phi) is 3.96. The van der Waals surface area contributed by atoms with Crippen LogP contribution in [-0.4, -0.2) is 10.2 Å². The Balaban J connectivity index is 2.57. The first kappa shape index (κ1) is 14.7. The lowest BCUT2D eigenvalue weighted by molar-refractivity contribution is 0.382. The summed E-state index contributed by atoms with van der Waals surface area (Å²) >= 11 is 11.0. The first-order chi connectivity index (χ1) is 9.32. The van der Waals surface area contributed by atoms with E-state index in [9.17, 15) is 22.0 Å². The topological polar surface area (TPSA) is 37.8 Å². The van der Waals surface area contributed by atoms with E-state index in [1.54, 1.807) is 0 Å². The van der Waals surface area contributed by atoms with Crippen LogP contribution in [0.1, 0.15) is 0 Å². The summed E-state index contributed by atoms with van der Waals surface area (Å²) in [6.45, 7) is 0. The molecule has 0 aliphatic carbocycles. The van der Waals surface area contributed by atoms with Crippen LogP contribution in [0.2, 0.25) is 10.3 Å². The molecule has 1 aromatic heterocycles. The molecule has 0 amide bonds. The largest absolute Gasteiger partial charge is 0.348 e. The van der Waals surface area contributed by atoms with Gasteiger partial charge >= 0.3 is 0 Å². The molecule has 0 saturated heterocycles. The van der Waals surface area contributed by atoms with Gasteiger partial charge in [-0.15, -0.1) is 10.2 Å². The number of hydrogen-bond acceptors (Lipinski definition) is 3. The molecular formula is C10H2Cl2F5N3. The van der Waals surface area contributed by atoms with E-state index < -0.39 is 34.8 Å². The smallest absolute Gasteiger partial charge is 0.200 e. The van der Waals surface area contributed by atoms with Gasteiger partial charge in [-0.05, 0) is 0 Å². The zero-order chi connectivity index (χ0) is 15.0. The van der Waals surface area contributed by atoms with Crippen LogP contribution in [-0.2, 0) is 0 Å². The van der Waals surface area contributed by atoms with Gasteiger partial charge in [0.25, 0.3) is 0 Å². The third kappa shape index (κ3) is 2.48. The van der Waals surface area contributed by atoms with E-state index in [-0.39, 0.29) is 16.0 Å². The number of nitrogens with zero attached hydrogens (tertiary/aromatic N) is 2. The van der Waals surface area contributed by atoms with E-state index in [0.29, 0.717) is 0 Å². The molecule has 2 aromatic rings. The molecule has 0 spiro atoms. The van der Waals surface area contributed by atoms with Crippen molar-refractivity contribution in [3.63, 3.8) is 0 Å². The summed E-state index contributed by atoms with van der Waals surface area (Å²) in [6.07, 6.45) is 0. The second-order valence-electron chi connectivity index (χ2n) is 3.44. The van der Waals surface area contributed by atoms with Crippen molar-refractivity contribution in [3.05, 3.63) is 45.5 Å². The van der Waals surface area contributed by atoms with Gasteiger partial charge in [0.1, 0.15) is 5.69 Å². The van der Waals surface area contributed by atoms with E-state index in [0.717, 1.165) is 6.07 Å². The molecule has 1 aromatic carbocycles. The Bertz CT molecular complexity index is 666. The third-order valence-corrected chi connectivity index (χ3v) is 2.65. The highest BCUT2D eigenvalue weighted by Crippen LogP contribution is 2.32. The molecule has 3 nitrogen and oxygen atoms in total. The van der Waals surface area contributed by atoms with Crippen molar-refractivity contribution in [3.8, 4) is 0 Å². The third-order valence-electron chi connectivity index (χ3n) is 2.19. The lowest BCUT2D eigenvalue weighted by Gasteiger charge is -2.11. The fraction of sp³-hybridized carbons (Fsp3) is 0. The molecule has 0 saturated carbocycles. The molecule has 10 heteroatoms. The van der Waals surface area contributed by atoms with Crippen molar-refractivity contribution in [2.45, 2.75) is 0 Å². The van der Waals surface area contributed by atoms with Gasteiger partial charge in [0, 0.05) is 6.07 Å². The lowest BCUT2D eigenvalue weighted by Crippen LogP contribution is -2.07. The number of hydrogen-bond donors (Lipinski definition) is 1. The van der Waals surface area contributed by atoms with Crippen molar-refractivity contribution in [2.24, 2.45) is 0 Å². The molecule has 106 valence electrons. The van der Waals surface area contributed by atoms with Gasteiger partial charge in [-0.3, -0.25) is 0 Å². The van der Waals surface area contributed by atoms with E-state index in [4.69, 9.17) is 23.2 Å². The van der Waals surface area contributed by atoms with Crippen LogP contribution in [0.3, 0.4) is 0 Å². The second-order valence-corrected chi connectivity index (χ2v) is 4.19. The van der Waals surface area contributed by atoms with Gasteiger partial charge in [0.2, 0.25) is 5.82 Å². The fourth-order valence-corrected chi connectivity index (χ4v) is 1.58. The molecule has 0 bridgehead atoms. The summed E-state index contributed by atoms with van der Waals surface area (Å²) in [5, 5.41) is 8.02. The Morgan fingerprint density at radius 2 is 1.30 bits per heavy atom. The predicted octanol–water partition coefficient (Wildman–Crippen LogP) is 4.22. The maximum absolute atomic E-state index is 13.4. The number of benzene rings is 1. The highest BCUT2D eigenvalue weighted by molar-refractivity contribution is 6.33. The number of halogens is 7. The predicted molar refractivity (Wildman–Crippen MR) is 61.6 cm³/mol. The highest BCUT2D eigenvalue weighted by atomic mass is 35.5. The van der Waals surface area contributed by atoms with Crippen LogP contribution in [0, 0.1) is 29.1 Å². The molecule has 1 N–H and O–H groups in total. The zero-order valence-electron chi connectivity index (χ0n) is 9.12. The summed E-state index contributed by atoms with van der Waals surface area (Å²) in [4.78, 5) is 0. The summed E-state index contributed by atoms with van der Waals surface area (Å²) < 4.78 is 65.7. The van der Waals surface area contributed by atoms with Crippen molar-refractivity contribution >= 4 is 34.6 Å². The molecule has 0 radical (unpaired) electrons. The van der Waals surface area contributed by atoms with Crippen molar-refractivity contribution in [2.75, 3.05) is 5.32 Å². The Hall–Kier alpha value is -1.67. The Morgan fingerprint density at radius 1 is 0.800 bits per heavy atom. The second kappa shape index (κ2) is 5.37. The van der Waals surface area contributed by atoms with Gasteiger partial charge in [0.05, 0.1) is 5.69 Å². The minimum absolute atomic E-state index is 0.194. The van der Waals surface area contributed by atoms with Crippen molar-refractivity contribution in [1.29, 1.82) is 0 Å². The number of nitrogens with one attached hydrogen (secondary N) is 1. The molecule has 0 atom stereocenters. The molecule has 1 heterocycles. The van der Waals surface area contributed by atoms with Gasteiger partial charge < -0.3 is 5.32 Å². The lowest BCUT2D eigenvalue weighted by atomic mass is 10.2. The van der Waals surface area contributed by atoms with Gasteiger partial charge in [0.15, 0.2) is 33.6 Å². The van der Waals surface area contributed by atoms with Crippen LogP contribution in [0.15, 0.2) is 6.07 Å². The van der Waals surface area contributed by atoms with Crippen molar-refractivity contribution in [1.82, 2.24) is 10.2 Å². The van der Waals surface area contributed by atoms with Gasteiger partial charge in [-0.2, -0.15) is 0 Å². The fourth-order valence-electron chi connectivity index (χ4n) is 1.29. The number of rotatable bonds is 2. The molecule has 2 rings (SSSR count). The SMILES string of the molecule is Fc1c(F)c(F)c(Nc2cc(Cl)nnc2Cl)c(F)c1F. The maximum atomic E-state index is 13.4. The molecule has 0 unspecified atom stereocenters. The van der Waals surface area contributed by atoms with E-state index >= 15 is 0 Å². The van der Waals surface area contributed by atoms with Crippen LogP contribution >= 0.6 is 23.2 Å². The van der Waals surface area contributed by atoms with Gasteiger partial charge in [-0.1, -0.05) is 23.2 Å². The summed E-state index contributed by atoms with van der Waals surface area (Å²) in [5.41, 5.74) is -1.54. The first-order valence-corrected chi connectivity index (χ1v) is 5.55. The average molecular weight is 330 g/mol. The normalized spacial score (nSPS) is 10.8. The monoisotopic (exact) mass is 329 g/mol. The van der Waals surface area contributed by atoms with E-state index in [1.807, 2.05) is 5.32 Å². The standard InChI is InChI=1S/C10H2Cl2F5N3/c11-3-1-2(10(12)20-19-3)18-9-7(16)5(14)4(13)6(15)8(9)17/h1H,(H,18,19). The minimum atomic E-state index is -2.26. The van der Waals surface area contributed by atoms with Crippen LogP contribution in [0.25, 0.3) is 0 Å². The molecular weight excluding hydrogens is 328 g/mol. The molecule has 0 aliphatic heterocycles. The van der Waals surface area contributed by atoms with E-state index in [2.05, 4.69) is 10.2 Å². The van der Waals surface area contributed by atoms with Crippen LogP contribution in [0.4, 0.5) is 33.3 Å². The molecule has 0 aliphatic rings. The quantitative estimate of drug-likeness (QED) is 0.509. The molecule has 20 heavy (non-hydrogen) atoms. The van der Waals surface area contributed by atoms with Crippen LogP contribution < -0.4 is 5.32 Å². The highest BCUT2D eigenvalue weighted by Gasteiger charge is 2.26.